The monoisotopic (exact) mass is 494 g/mol. The van der Waals surface area contributed by atoms with Gasteiger partial charge < -0.3 is 9.42 Å². The molecule has 2 fully saturated rings. The van der Waals surface area contributed by atoms with E-state index in [-0.39, 0.29) is 29.2 Å². The first-order valence-electron chi connectivity index (χ1n) is 12.2. The van der Waals surface area contributed by atoms with E-state index in [1.54, 1.807) is 24.3 Å². The SMILES string of the molecule is Cc1ccc(S(=O)(=O)N2CCCC(C(=O)N3CCC(c4noc(-c5ccccc5)n4)CC3)C2)cc1. The van der Waals surface area contributed by atoms with Crippen LogP contribution in [0.25, 0.3) is 11.5 Å². The fraction of sp³-hybridized carbons (Fsp3) is 0.423. The number of aromatic nitrogens is 2. The van der Waals surface area contributed by atoms with Crippen molar-refractivity contribution in [3.05, 3.63) is 66.0 Å². The van der Waals surface area contributed by atoms with Crippen molar-refractivity contribution in [2.24, 2.45) is 5.92 Å². The summed E-state index contributed by atoms with van der Waals surface area (Å²) >= 11 is 0. The van der Waals surface area contributed by atoms with Crippen LogP contribution in [-0.2, 0) is 14.8 Å². The highest BCUT2D eigenvalue weighted by Gasteiger charge is 2.36. The number of carbonyl (C=O) groups excluding carboxylic acids is 1. The van der Waals surface area contributed by atoms with E-state index in [9.17, 15) is 13.2 Å². The molecule has 2 aliphatic rings. The molecule has 8 nitrogen and oxygen atoms in total. The highest BCUT2D eigenvalue weighted by atomic mass is 32.2. The zero-order valence-electron chi connectivity index (χ0n) is 19.8. The predicted octanol–water partition coefficient (Wildman–Crippen LogP) is 3.85. The molecule has 2 aliphatic heterocycles. The number of likely N-dealkylation sites (tertiary alicyclic amines) is 1. The summed E-state index contributed by atoms with van der Waals surface area (Å²) in [6.45, 7) is 3.83. The third-order valence-electron chi connectivity index (χ3n) is 7.03. The van der Waals surface area contributed by atoms with Crippen molar-refractivity contribution in [1.82, 2.24) is 19.3 Å². The van der Waals surface area contributed by atoms with Crippen LogP contribution in [0.4, 0.5) is 0 Å². The Morgan fingerprint density at radius 2 is 1.69 bits per heavy atom. The Labute approximate surface area is 206 Å². The van der Waals surface area contributed by atoms with Crippen molar-refractivity contribution in [3.63, 3.8) is 0 Å². The second-order valence-electron chi connectivity index (χ2n) is 9.44. The molecule has 2 aromatic carbocycles. The quantitative estimate of drug-likeness (QED) is 0.535. The van der Waals surface area contributed by atoms with Crippen molar-refractivity contribution in [2.75, 3.05) is 26.2 Å². The maximum Gasteiger partial charge on any atom is 0.257 e. The van der Waals surface area contributed by atoms with Crippen LogP contribution in [0, 0.1) is 12.8 Å². The summed E-state index contributed by atoms with van der Waals surface area (Å²) in [6, 6.07) is 16.6. The summed E-state index contributed by atoms with van der Waals surface area (Å²) in [4.78, 5) is 20.0. The Morgan fingerprint density at radius 3 is 2.40 bits per heavy atom. The van der Waals surface area contributed by atoms with Gasteiger partial charge in [0.1, 0.15) is 0 Å². The third-order valence-corrected chi connectivity index (χ3v) is 8.91. The van der Waals surface area contributed by atoms with Gasteiger partial charge in [-0.15, -0.1) is 0 Å². The normalized spacial score (nSPS) is 20.1. The summed E-state index contributed by atoms with van der Waals surface area (Å²) in [7, 11) is -3.61. The zero-order chi connectivity index (χ0) is 24.4. The molecule has 184 valence electrons. The molecule has 1 atom stereocenters. The molecule has 5 rings (SSSR count). The van der Waals surface area contributed by atoms with Gasteiger partial charge >= 0.3 is 0 Å². The number of nitrogens with zero attached hydrogens (tertiary/aromatic N) is 4. The molecule has 0 saturated carbocycles. The molecule has 3 aromatic rings. The minimum Gasteiger partial charge on any atom is -0.342 e. The molecule has 1 unspecified atom stereocenters. The van der Waals surface area contributed by atoms with Gasteiger partial charge in [-0.05, 0) is 56.9 Å². The Balaban J connectivity index is 1.19. The molecular weight excluding hydrogens is 464 g/mol. The van der Waals surface area contributed by atoms with Crippen molar-refractivity contribution in [2.45, 2.75) is 43.4 Å². The van der Waals surface area contributed by atoms with Gasteiger partial charge in [0.2, 0.25) is 15.9 Å². The topological polar surface area (TPSA) is 96.6 Å². The maximum atomic E-state index is 13.3. The molecular formula is C26H30N4O4S. The minimum atomic E-state index is -3.61. The van der Waals surface area contributed by atoms with Crippen LogP contribution in [0.1, 0.15) is 43.0 Å². The lowest BCUT2D eigenvalue weighted by atomic mass is 9.93. The maximum absolute atomic E-state index is 13.3. The van der Waals surface area contributed by atoms with Crippen LogP contribution >= 0.6 is 0 Å². The molecule has 0 radical (unpaired) electrons. The number of piperidine rings is 2. The van der Waals surface area contributed by atoms with Gasteiger partial charge in [0.15, 0.2) is 5.82 Å². The second kappa shape index (κ2) is 9.91. The summed E-state index contributed by atoms with van der Waals surface area (Å²) in [5.74, 6) is 1.07. The number of sulfonamides is 1. The zero-order valence-corrected chi connectivity index (χ0v) is 20.7. The van der Waals surface area contributed by atoms with E-state index >= 15 is 0 Å². The van der Waals surface area contributed by atoms with Gasteiger partial charge in [0, 0.05) is 37.7 Å². The van der Waals surface area contributed by atoms with Crippen LogP contribution in [0.5, 0.6) is 0 Å². The van der Waals surface area contributed by atoms with Crippen LogP contribution in [0.15, 0.2) is 64.0 Å². The van der Waals surface area contributed by atoms with E-state index in [0.29, 0.717) is 44.2 Å². The van der Waals surface area contributed by atoms with Gasteiger partial charge in [-0.2, -0.15) is 9.29 Å². The summed E-state index contributed by atoms with van der Waals surface area (Å²) < 4.78 is 33.2. The Kier molecular flexibility index (Phi) is 6.71. The highest BCUT2D eigenvalue weighted by Crippen LogP contribution is 2.30. The standard InChI is InChI=1S/C26H30N4O4S/c1-19-9-11-23(12-10-19)35(32,33)30-15-5-8-22(18-30)26(31)29-16-13-20(14-17-29)24-27-25(34-28-24)21-6-3-2-4-7-21/h2-4,6-7,9-12,20,22H,5,8,13-18H2,1H3. The van der Waals surface area contributed by atoms with Gasteiger partial charge in [0.05, 0.1) is 10.8 Å². The fourth-order valence-electron chi connectivity index (χ4n) is 4.94. The fourth-order valence-corrected chi connectivity index (χ4v) is 6.46. The average molecular weight is 495 g/mol. The Hall–Kier alpha value is -3.04. The molecule has 0 N–H and O–H groups in total. The summed E-state index contributed by atoms with van der Waals surface area (Å²) in [5, 5.41) is 4.18. The van der Waals surface area contributed by atoms with Crippen LogP contribution in [0.3, 0.4) is 0 Å². The summed E-state index contributed by atoms with van der Waals surface area (Å²) in [5.41, 5.74) is 1.90. The van der Waals surface area contributed by atoms with Crippen molar-refractivity contribution < 1.29 is 17.7 Å². The number of aryl methyl sites for hydroxylation is 1. The van der Waals surface area contributed by atoms with E-state index < -0.39 is 10.0 Å². The predicted molar refractivity (Wildman–Crippen MR) is 131 cm³/mol. The first-order valence-corrected chi connectivity index (χ1v) is 13.6. The van der Waals surface area contributed by atoms with Gasteiger partial charge in [0.25, 0.3) is 5.89 Å². The lowest BCUT2D eigenvalue weighted by Crippen LogP contribution is -2.48. The molecule has 0 aliphatic carbocycles. The van der Waals surface area contributed by atoms with E-state index in [1.165, 1.54) is 4.31 Å². The molecule has 0 bridgehead atoms. The van der Waals surface area contributed by atoms with E-state index in [2.05, 4.69) is 10.1 Å². The van der Waals surface area contributed by atoms with Crippen molar-refractivity contribution in [3.8, 4) is 11.5 Å². The minimum absolute atomic E-state index is 0.0466. The Morgan fingerprint density at radius 1 is 0.971 bits per heavy atom. The largest absolute Gasteiger partial charge is 0.342 e. The number of hydrogen-bond acceptors (Lipinski definition) is 6. The van der Waals surface area contributed by atoms with E-state index in [1.807, 2.05) is 42.2 Å². The molecule has 1 amide bonds. The molecule has 9 heteroatoms. The highest BCUT2D eigenvalue weighted by molar-refractivity contribution is 7.89. The number of benzene rings is 2. The van der Waals surface area contributed by atoms with Crippen molar-refractivity contribution in [1.29, 1.82) is 0 Å². The average Bonchev–Trinajstić information content (AvgIpc) is 3.40. The lowest BCUT2D eigenvalue weighted by Gasteiger charge is -2.37. The first kappa shape index (κ1) is 23.7. The molecule has 3 heterocycles. The smallest absolute Gasteiger partial charge is 0.257 e. The molecule has 0 spiro atoms. The van der Waals surface area contributed by atoms with Crippen LogP contribution < -0.4 is 0 Å². The van der Waals surface area contributed by atoms with Gasteiger partial charge in [-0.1, -0.05) is 41.1 Å². The number of hydrogen-bond donors (Lipinski definition) is 0. The lowest BCUT2D eigenvalue weighted by molar-refractivity contribution is -0.137. The molecule has 1 aromatic heterocycles. The number of carbonyl (C=O) groups is 1. The van der Waals surface area contributed by atoms with E-state index in [4.69, 9.17) is 4.52 Å². The number of rotatable bonds is 5. The molecule has 35 heavy (non-hydrogen) atoms. The number of amides is 1. The van der Waals surface area contributed by atoms with Crippen molar-refractivity contribution >= 4 is 15.9 Å². The van der Waals surface area contributed by atoms with Gasteiger partial charge in [-0.3, -0.25) is 4.79 Å². The Bertz CT molecular complexity index is 1270. The third kappa shape index (κ3) is 5.01. The first-order chi connectivity index (χ1) is 16.9. The summed E-state index contributed by atoms with van der Waals surface area (Å²) in [6.07, 6.45) is 2.92. The molecule has 2 saturated heterocycles. The van der Waals surface area contributed by atoms with Crippen LogP contribution in [0.2, 0.25) is 0 Å². The van der Waals surface area contributed by atoms with Gasteiger partial charge in [-0.25, -0.2) is 8.42 Å². The van der Waals surface area contributed by atoms with E-state index in [0.717, 1.165) is 24.0 Å². The second-order valence-corrected chi connectivity index (χ2v) is 11.4. The van der Waals surface area contributed by atoms with Crippen LogP contribution in [-0.4, -0.2) is 59.8 Å².